The van der Waals surface area contributed by atoms with E-state index in [-0.39, 0.29) is 26.8 Å². The molecule has 0 spiro atoms. The third kappa shape index (κ3) is 4.24. The van der Waals surface area contributed by atoms with E-state index in [1.165, 1.54) is 19.2 Å². The van der Waals surface area contributed by atoms with Crippen LogP contribution in [0, 0.1) is 0 Å². The summed E-state index contributed by atoms with van der Waals surface area (Å²) in [5, 5.41) is 16.5. The Morgan fingerprint density at radius 3 is 2.23 bits per heavy atom. The molecule has 26 heavy (non-hydrogen) atoms. The molecule has 0 amide bonds. The van der Waals surface area contributed by atoms with Gasteiger partial charge in [-0.1, -0.05) is 34.8 Å². The number of halogens is 3. The molecular formula is C16H12Cl3N5O2. The van der Waals surface area contributed by atoms with Crippen molar-refractivity contribution in [3.05, 3.63) is 56.8 Å². The lowest BCUT2D eigenvalue weighted by molar-refractivity contribution is 0.391. The van der Waals surface area contributed by atoms with Gasteiger partial charge in [0, 0.05) is 29.8 Å². The van der Waals surface area contributed by atoms with Crippen LogP contribution >= 0.6 is 34.8 Å². The number of hydrogen-bond acceptors (Lipinski definition) is 7. The predicted molar refractivity (Wildman–Crippen MR) is 99.4 cm³/mol. The normalized spacial score (nSPS) is 10.6. The van der Waals surface area contributed by atoms with Crippen molar-refractivity contribution in [2.45, 2.75) is 6.42 Å². The molecule has 0 aliphatic rings. The lowest BCUT2D eigenvalue weighted by atomic mass is 10.1. The summed E-state index contributed by atoms with van der Waals surface area (Å²) < 4.78 is 10.6. The number of aromatic nitrogens is 4. The van der Waals surface area contributed by atoms with Crippen LogP contribution in [0.2, 0.25) is 15.2 Å². The van der Waals surface area contributed by atoms with Crippen LogP contribution in [0.25, 0.3) is 0 Å². The van der Waals surface area contributed by atoms with E-state index in [0.717, 1.165) is 0 Å². The number of nitrogens with two attached hydrogens (primary N) is 1. The second-order valence-electron chi connectivity index (χ2n) is 5.16. The minimum absolute atomic E-state index is 0.180. The topological polar surface area (TPSA) is 96.0 Å². The summed E-state index contributed by atoms with van der Waals surface area (Å²) in [5.41, 5.74) is 7.43. The summed E-state index contributed by atoms with van der Waals surface area (Å²) in [5.74, 6) is 0.832. The van der Waals surface area contributed by atoms with E-state index in [0.29, 0.717) is 29.2 Å². The number of anilines is 1. The first-order valence-corrected chi connectivity index (χ1v) is 8.40. The minimum atomic E-state index is 0.180. The number of nitrogen functional groups attached to an aromatic ring is 1. The number of rotatable bonds is 5. The number of benzene rings is 1. The highest BCUT2D eigenvalue weighted by atomic mass is 35.5. The van der Waals surface area contributed by atoms with Gasteiger partial charge >= 0.3 is 0 Å². The summed E-state index contributed by atoms with van der Waals surface area (Å²) in [6.45, 7) is 0. The van der Waals surface area contributed by atoms with Gasteiger partial charge in [0.05, 0.1) is 22.8 Å². The molecular weight excluding hydrogens is 401 g/mol. The monoisotopic (exact) mass is 411 g/mol. The van der Waals surface area contributed by atoms with Crippen LogP contribution in [0.15, 0.2) is 30.3 Å². The maximum atomic E-state index is 6.12. The molecule has 0 fully saturated rings. The van der Waals surface area contributed by atoms with Gasteiger partial charge in [0.25, 0.3) is 0 Å². The van der Waals surface area contributed by atoms with Crippen LogP contribution < -0.4 is 15.2 Å². The van der Waals surface area contributed by atoms with Crippen molar-refractivity contribution in [1.29, 1.82) is 0 Å². The fraction of sp³-hybridized carbons (Fsp3) is 0.125. The first kappa shape index (κ1) is 18.4. The van der Waals surface area contributed by atoms with Gasteiger partial charge in [-0.05, 0) is 18.2 Å². The molecule has 7 nitrogen and oxygen atoms in total. The van der Waals surface area contributed by atoms with Crippen molar-refractivity contribution in [3.8, 4) is 17.5 Å². The third-order valence-electron chi connectivity index (χ3n) is 3.30. The lowest BCUT2D eigenvalue weighted by Crippen LogP contribution is -2.00. The van der Waals surface area contributed by atoms with E-state index >= 15 is 0 Å². The first-order chi connectivity index (χ1) is 12.5. The predicted octanol–water partition coefficient (Wildman–Crippen LogP) is 4.20. The van der Waals surface area contributed by atoms with E-state index in [9.17, 15) is 0 Å². The van der Waals surface area contributed by atoms with Gasteiger partial charge in [-0.25, -0.2) is 0 Å². The van der Waals surface area contributed by atoms with Gasteiger partial charge < -0.3 is 15.2 Å². The molecule has 134 valence electrons. The Morgan fingerprint density at radius 1 is 0.923 bits per heavy atom. The Labute approximate surface area is 164 Å². The SMILES string of the molecule is COc1ccc(Cc2cc(Oc3c(Cl)cc(N)cc3Cl)nnc2Cl)nn1. The minimum Gasteiger partial charge on any atom is -0.480 e. The van der Waals surface area contributed by atoms with Gasteiger partial charge in [0.2, 0.25) is 11.8 Å². The standard InChI is InChI=1S/C16H12Cl3N5O2/c1-25-13-3-2-10(21-22-13)4-8-5-14(23-24-16(8)19)26-15-11(17)6-9(20)7-12(15)18/h2-3,5-7H,4,20H2,1H3. The molecule has 0 saturated heterocycles. The third-order valence-corrected chi connectivity index (χ3v) is 4.18. The molecule has 3 rings (SSSR count). The molecule has 10 heteroatoms. The van der Waals surface area contributed by atoms with E-state index in [2.05, 4.69) is 20.4 Å². The van der Waals surface area contributed by atoms with Crippen LogP contribution in [-0.2, 0) is 6.42 Å². The molecule has 0 saturated carbocycles. The fourth-order valence-electron chi connectivity index (χ4n) is 2.10. The van der Waals surface area contributed by atoms with Crippen LogP contribution in [-0.4, -0.2) is 27.5 Å². The highest BCUT2D eigenvalue weighted by molar-refractivity contribution is 6.37. The lowest BCUT2D eigenvalue weighted by Gasteiger charge is -2.10. The number of nitrogens with zero attached hydrogens (tertiary/aromatic N) is 4. The van der Waals surface area contributed by atoms with Crippen molar-refractivity contribution in [1.82, 2.24) is 20.4 Å². The summed E-state index contributed by atoms with van der Waals surface area (Å²) >= 11 is 18.4. The van der Waals surface area contributed by atoms with Gasteiger partial charge in [0.1, 0.15) is 0 Å². The van der Waals surface area contributed by atoms with Gasteiger partial charge in [-0.2, -0.15) is 5.10 Å². The van der Waals surface area contributed by atoms with E-state index < -0.39 is 0 Å². The second-order valence-corrected chi connectivity index (χ2v) is 6.33. The number of ether oxygens (including phenoxy) is 2. The molecule has 1 aromatic carbocycles. The Balaban J connectivity index is 1.85. The highest BCUT2D eigenvalue weighted by Crippen LogP contribution is 2.38. The van der Waals surface area contributed by atoms with Crippen molar-refractivity contribution in [2.24, 2.45) is 0 Å². The molecule has 2 aromatic heterocycles. The Morgan fingerprint density at radius 2 is 1.62 bits per heavy atom. The Bertz CT molecular complexity index is 915. The summed E-state index contributed by atoms with van der Waals surface area (Å²) in [6.07, 6.45) is 0.380. The number of hydrogen-bond donors (Lipinski definition) is 1. The molecule has 0 atom stereocenters. The maximum absolute atomic E-state index is 6.12. The molecule has 3 aromatic rings. The molecule has 0 aliphatic heterocycles. The van der Waals surface area contributed by atoms with E-state index in [1.54, 1.807) is 18.2 Å². The van der Waals surface area contributed by atoms with Crippen molar-refractivity contribution in [2.75, 3.05) is 12.8 Å². The zero-order valence-corrected chi connectivity index (χ0v) is 15.7. The molecule has 2 heterocycles. The van der Waals surface area contributed by atoms with Crippen molar-refractivity contribution >= 4 is 40.5 Å². The summed E-state index contributed by atoms with van der Waals surface area (Å²) in [7, 11) is 1.52. The van der Waals surface area contributed by atoms with Gasteiger partial charge in [0.15, 0.2) is 10.9 Å². The fourth-order valence-corrected chi connectivity index (χ4v) is 2.84. The van der Waals surface area contributed by atoms with Gasteiger partial charge in [-0.3, -0.25) is 0 Å². The van der Waals surface area contributed by atoms with E-state index in [1.807, 2.05) is 0 Å². The smallest absolute Gasteiger partial charge is 0.239 e. The van der Waals surface area contributed by atoms with Crippen LogP contribution in [0.4, 0.5) is 5.69 Å². The van der Waals surface area contributed by atoms with Crippen molar-refractivity contribution in [3.63, 3.8) is 0 Å². The largest absolute Gasteiger partial charge is 0.480 e. The average molecular weight is 413 g/mol. The second kappa shape index (κ2) is 7.90. The quantitative estimate of drug-likeness (QED) is 0.627. The maximum Gasteiger partial charge on any atom is 0.239 e. The summed E-state index contributed by atoms with van der Waals surface area (Å²) in [4.78, 5) is 0. The molecule has 2 N–H and O–H groups in total. The van der Waals surface area contributed by atoms with Crippen LogP contribution in [0.5, 0.6) is 17.5 Å². The van der Waals surface area contributed by atoms with Crippen LogP contribution in [0.3, 0.4) is 0 Å². The zero-order chi connectivity index (χ0) is 18.7. The molecule has 0 aliphatic carbocycles. The highest BCUT2D eigenvalue weighted by Gasteiger charge is 2.14. The Kier molecular flexibility index (Phi) is 5.61. The first-order valence-electron chi connectivity index (χ1n) is 7.27. The molecule has 0 bridgehead atoms. The average Bonchev–Trinajstić information content (AvgIpc) is 2.61. The molecule has 0 unspecified atom stereocenters. The van der Waals surface area contributed by atoms with Gasteiger partial charge in [-0.15, -0.1) is 15.3 Å². The zero-order valence-electron chi connectivity index (χ0n) is 13.4. The van der Waals surface area contributed by atoms with Crippen molar-refractivity contribution < 1.29 is 9.47 Å². The van der Waals surface area contributed by atoms with E-state index in [4.69, 9.17) is 50.0 Å². The van der Waals surface area contributed by atoms with Crippen LogP contribution in [0.1, 0.15) is 11.3 Å². The molecule has 0 radical (unpaired) electrons. The summed E-state index contributed by atoms with van der Waals surface area (Å²) in [6, 6.07) is 8.16. The Hall–Kier alpha value is -2.35. The number of methoxy groups -OCH3 is 1.